The summed E-state index contributed by atoms with van der Waals surface area (Å²) in [6.45, 7) is 0.690. The van der Waals surface area contributed by atoms with Gasteiger partial charge in [0.25, 0.3) is 0 Å². The first-order valence-corrected chi connectivity index (χ1v) is 4.51. The van der Waals surface area contributed by atoms with E-state index in [0.717, 1.165) is 18.7 Å². The molecule has 1 amide bonds. The fraction of sp³-hybridized carbons (Fsp3) is 0.556. The summed E-state index contributed by atoms with van der Waals surface area (Å²) in [4.78, 5) is 14.4. The lowest BCUT2D eigenvalue weighted by Gasteiger charge is -2.26. The van der Waals surface area contributed by atoms with Crippen molar-refractivity contribution in [2.75, 3.05) is 6.61 Å². The quantitative estimate of drug-likeness (QED) is 0.508. The molecule has 4 heteroatoms. The maximum absolute atomic E-state index is 10.5. The zero-order chi connectivity index (χ0) is 9.10. The lowest BCUT2D eigenvalue weighted by molar-refractivity contribution is -0.128. The Kier molecular flexibility index (Phi) is 2.29. The minimum atomic E-state index is 0.164. The Morgan fingerprint density at radius 1 is 1.69 bits per heavy atom. The molecule has 1 atom stereocenters. The molecule has 13 heavy (non-hydrogen) atoms. The van der Waals surface area contributed by atoms with Crippen LogP contribution in [-0.4, -0.2) is 24.5 Å². The van der Waals surface area contributed by atoms with Crippen molar-refractivity contribution < 1.29 is 9.53 Å². The van der Waals surface area contributed by atoms with Gasteiger partial charge in [0.2, 0.25) is 11.8 Å². The number of aliphatic imine (C=N–C) groups is 1. The highest BCUT2D eigenvalue weighted by molar-refractivity contribution is 5.92. The summed E-state index contributed by atoms with van der Waals surface area (Å²) in [7, 11) is 0. The van der Waals surface area contributed by atoms with Gasteiger partial charge in [-0.1, -0.05) is 0 Å². The topological polar surface area (TPSA) is 50.7 Å². The number of ether oxygens (including phenoxy) is 1. The number of rotatable bonds is 4. The summed E-state index contributed by atoms with van der Waals surface area (Å²) in [6.07, 6.45) is 6.20. The molecule has 0 spiro atoms. The van der Waals surface area contributed by atoms with Gasteiger partial charge in [-0.25, -0.2) is 4.99 Å². The Morgan fingerprint density at radius 2 is 2.46 bits per heavy atom. The number of β-lactam (4-membered cyclic amide) rings is 1. The largest absolute Gasteiger partial charge is 0.478 e. The monoisotopic (exact) mass is 180 g/mol. The molecule has 4 nitrogen and oxygen atoms in total. The van der Waals surface area contributed by atoms with Gasteiger partial charge in [0.15, 0.2) is 0 Å². The molecule has 1 saturated heterocycles. The minimum Gasteiger partial charge on any atom is -0.478 e. The normalized spacial score (nSPS) is 24.2. The lowest BCUT2D eigenvalue weighted by atomic mass is 10.0. The van der Waals surface area contributed by atoms with Crippen molar-refractivity contribution in [2.24, 2.45) is 4.99 Å². The van der Waals surface area contributed by atoms with Crippen LogP contribution in [0.25, 0.3) is 0 Å². The van der Waals surface area contributed by atoms with Crippen molar-refractivity contribution >= 4 is 11.8 Å². The van der Waals surface area contributed by atoms with Crippen LogP contribution in [0.2, 0.25) is 0 Å². The molecule has 1 unspecified atom stereocenters. The lowest BCUT2D eigenvalue weighted by Crippen LogP contribution is -2.48. The molecule has 0 aromatic rings. The predicted octanol–water partition coefficient (Wildman–Crippen LogP) is 0.597. The maximum Gasteiger partial charge on any atom is 0.222 e. The highest BCUT2D eigenvalue weighted by atomic mass is 16.5. The first-order valence-electron chi connectivity index (χ1n) is 4.51. The molecule has 0 saturated carbocycles. The number of carbonyl (C=O) groups is 1. The Balaban J connectivity index is 1.47. The molecule has 1 fully saturated rings. The number of amides is 1. The van der Waals surface area contributed by atoms with Crippen molar-refractivity contribution in [2.45, 2.75) is 25.3 Å². The van der Waals surface area contributed by atoms with Gasteiger partial charge in [0.05, 0.1) is 6.61 Å². The smallest absolute Gasteiger partial charge is 0.222 e. The average Bonchev–Trinajstić information content (AvgIpc) is 1.97. The fourth-order valence-electron chi connectivity index (χ4n) is 1.33. The first kappa shape index (κ1) is 8.29. The van der Waals surface area contributed by atoms with Gasteiger partial charge in [-0.2, -0.15) is 0 Å². The molecular weight excluding hydrogens is 168 g/mol. The van der Waals surface area contributed by atoms with E-state index in [0.29, 0.717) is 19.1 Å². The zero-order valence-corrected chi connectivity index (χ0v) is 7.32. The van der Waals surface area contributed by atoms with Gasteiger partial charge >= 0.3 is 0 Å². The van der Waals surface area contributed by atoms with E-state index in [1.54, 1.807) is 6.20 Å². The van der Waals surface area contributed by atoms with E-state index in [1.165, 1.54) is 0 Å². The number of hydrogen-bond donors (Lipinski definition) is 1. The van der Waals surface area contributed by atoms with E-state index in [9.17, 15) is 4.79 Å². The Labute approximate surface area is 76.7 Å². The van der Waals surface area contributed by atoms with Gasteiger partial charge in [0.1, 0.15) is 0 Å². The summed E-state index contributed by atoms with van der Waals surface area (Å²) in [5.74, 6) is 0.884. The second-order valence-electron chi connectivity index (χ2n) is 3.24. The van der Waals surface area contributed by atoms with E-state index >= 15 is 0 Å². The summed E-state index contributed by atoms with van der Waals surface area (Å²) < 4.78 is 5.27. The molecule has 0 aliphatic carbocycles. The van der Waals surface area contributed by atoms with Crippen LogP contribution in [0.3, 0.4) is 0 Å². The standard InChI is InChI=1S/C9H12N2O2/c12-8-6-7(11-8)2-1-5-13-9-3-4-10-9/h3-4,7H,1-2,5-6H2,(H,11,12). The molecule has 2 aliphatic heterocycles. The molecular formula is C9H12N2O2. The Bertz CT molecular complexity index is 263. The van der Waals surface area contributed by atoms with Gasteiger partial charge in [0, 0.05) is 24.7 Å². The highest BCUT2D eigenvalue weighted by Gasteiger charge is 2.24. The first-order chi connectivity index (χ1) is 6.34. The van der Waals surface area contributed by atoms with Crippen LogP contribution in [0.15, 0.2) is 17.3 Å². The van der Waals surface area contributed by atoms with E-state index in [1.807, 2.05) is 6.08 Å². The molecule has 0 aromatic heterocycles. The summed E-state index contributed by atoms with van der Waals surface area (Å²) in [5, 5.41) is 2.82. The zero-order valence-electron chi connectivity index (χ0n) is 7.32. The molecule has 70 valence electrons. The SMILES string of the molecule is O=C1CC(CCCOC2=NC=C2)N1. The Morgan fingerprint density at radius 3 is 3.00 bits per heavy atom. The van der Waals surface area contributed by atoms with Crippen molar-refractivity contribution in [3.05, 3.63) is 12.3 Å². The third kappa shape index (κ3) is 2.08. The maximum atomic E-state index is 10.5. The molecule has 0 bridgehead atoms. The number of nitrogens with one attached hydrogen (secondary N) is 1. The van der Waals surface area contributed by atoms with E-state index in [2.05, 4.69) is 10.3 Å². The fourth-order valence-corrected chi connectivity index (χ4v) is 1.33. The number of carbonyl (C=O) groups excluding carboxylic acids is 1. The number of nitrogens with zero attached hydrogens (tertiary/aromatic N) is 1. The molecule has 2 rings (SSSR count). The molecule has 1 N–H and O–H groups in total. The van der Waals surface area contributed by atoms with Crippen LogP contribution in [-0.2, 0) is 9.53 Å². The van der Waals surface area contributed by atoms with Crippen molar-refractivity contribution in [3.8, 4) is 0 Å². The third-order valence-corrected chi connectivity index (χ3v) is 2.16. The minimum absolute atomic E-state index is 0.164. The van der Waals surface area contributed by atoms with Gasteiger partial charge in [-0.05, 0) is 12.8 Å². The van der Waals surface area contributed by atoms with Crippen LogP contribution in [0.5, 0.6) is 0 Å². The second kappa shape index (κ2) is 3.60. The third-order valence-electron chi connectivity index (χ3n) is 2.16. The molecule has 2 aliphatic rings. The van der Waals surface area contributed by atoms with Gasteiger partial charge in [-0.3, -0.25) is 4.79 Å². The second-order valence-corrected chi connectivity index (χ2v) is 3.24. The molecule has 0 radical (unpaired) electrons. The van der Waals surface area contributed by atoms with Crippen LogP contribution in [0, 0.1) is 0 Å². The van der Waals surface area contributed by atoms with Crippen molar-refractivity contribution in [1.29, 1.82) is 0 Å². The summed E-state index contributed by atoms with van der Waals surface area (Å²) >= 11 is 0. The van der Waals surface area contributed by atoms with Crippen LogP contribution in [0.4, 0.5) is 0 Å². The van der Waals surface area contributed by atoms with Gasteiger partial charge < -0.3 is 10.1 Å². The van der Waals surface area contributed by atoms with Crippen molar-refractivity contribution in [3.63, 3.8) is 0 Å². The molecule has 2 heterocycles. The van der Waals surface area contributed by atoms with Crippen LogP contribution in [0.1, 0.15) is 19.3 Å². The van der Waals surface area contributed by atoms with Crippen LogP contribution >= 0.6 is 0 Å². The van der Waals surface area contributed by atoms with Gasteiger partial charge in [-0.15, -0.1) is 0 Å². The summed E-state index contributed by atoms with van der Waals surface area (Å²) in [5.41, 5.74) is 0. The van der Waals surface area contributed by atoms with Crippen LogP contribution < -0.4 is 5.32 Å². The van der Waals surface area contributed by atoms with E-state index in [4.69, 9.17) is 4.74 Å². The number of hydrogen-bond acceptors (Lipinski definition) is 3. The van der Waals surface area contributed by atoms with E-state index < -0.39 is 0 Å². The highest BCUT2D eigenvalue weighted by Crippen LogP contribution is 2.10. The average molecular weight is 180 g/mol. The Hall–Kier alpha value is -1.32. The van der Waals surface area contributed by atoms with Crippen molar-refractivity contribution in [1.82, 2.24) is 5.32 Å². The van der Waals surface area contributed by atoms with E-state index in [-0.39, 0.29) is 5.91 Å². The predicted molar refractivity (Wildman–Crippen MR) is 48.3 cm³/mol. The summed E-state index contributed by atoms with van der Waals surface area (Å²) in [6, 6.07) is 0.384. The molecule has 0 aromatic carbocycles.